The molecule has 0 unspecified atom stereocenters. The van der Waals surface area contributed by atoms with Gasteiger partial charge in [-0.15, -0.1) is 0 Å². The number of barbiturate groups is 1. The van der Waals surface area contributed by atoms with Gasteiger partial charge in [0, 0.05) is 43.3 Å². The van der Waals surface area contributed by atoms with Gasteiger partial charge in [-0.1, -0.05) is 65.1 Å². The van der Waals surface area contributed by atoms with Gasteiger partial charge in [0.25, 0.3) is 11.8 Å². The van der Waals surface area contributed by atoms with Gasteiger partial charge in [-0.05, 0) is 48.9 Å². The highest BCUT2D eigenvalue weighted by Gasteiger charge is 2.37. The van der Waals surface area contributed by atoms with Crippen molar-refractivity contribution in [2.45, 2.75) is 13.5 Å². The van der Waals surface area contributed by atoms with Crippen LogP contribution in [0.25, 0.3) is 17.0 Å². The average molecular weight is 539 g/mol. The van der Waals surface area contributed by atoms with E-state index in [1.54, 1.807) is 30.3 Å². The Hall–Kier alpha value is -3.58. The van der Waals surface area contributed by atoms with Crippen LogP contribution >= 0.6 is 34.8 Å². The molecule has 4 amide bonds. The molecule has 3 aromatic carbocycles. The number of amides is 4. The molecule has 1 fully saturated rings. The monoisotopic (exact) mass is 537 g/mol. The molecule has 36 heavy (non-hydrogen) atoms. The first-order valence-corrected chi connectivity index (χ1v) is 12.1. The largest absolute Gasteiger partial charge is 0.342 e. The number of nitrogens with zero attached hydrogens (tertiary/aromatic N) is 2. The summed E-state index contributed by atoms with van der Waals surface area (Å²) >= 11 is 19.0. The van der Waals surface area contributed by atoms with Crippen molar-refractivity contribution in [3.05, 3.63) is 104 Å². The summed E-state index contributed by atoms with van der Waals surface area (Å²) in [6.07, 6.45) is 3.31. The van der Waals surface area contributed by atoms with Gasteiger partial charge in [0.2, 0.25) is 0 Å². The van der Waals surface area contributed by atoms with Crippen LogP contribution in [-0.2, 0) is 16.1 Å². The first-order valence-electron chi connectivity index (χ1n) is 10.9. The van der Waals surface area contributed by atoms with Crippen LogP contribution < -0.4 is 10.2 Å². The highest BCUT2D eigenvalue weighted by atomic mass is 35.5. The Labute approximate surface area is 221 Å². The van der Waals surface area contributed by atoms with Crippen molar-refractivity contribution in [2.24, 2.45) is 0 Å². The van der Waals surface area contributed by atoms with E-state index < -0.39 is 17.8 Å². The SMILES string of the molecule is Cc1ccc(N2C(=O)NC(=O)C(=Cc3cn(Cc4c(Cl)cccc4Cl)c4ccccc34)C2=O)cc1Cl. The lowest BCUT2D eigenvalue weighted by Crippen LogP contribution is -2.54. The second-order valence-electron chi connectivity index (χ2n) is 8.32. The molecule has 2 heterocycles. The first kappa shape index (κ1) is 24.1. The third-order valence-corrected chi connectivity index (χ3v) is 7.14. The van der Waals surface area contributed by atoms with Gasteiger partial charge in [0.15, 0.2) is 0 Å². The zero-order chi connectivity index (χ0) is 25.6. The molecule has 0 spiro atoms. The Morgan fingerprint density at radius 3 is 2.33 bits per heavy atom. The molecule has 1 aromatic heterocycles. The molecule has 0 aliphatic carbocycles. The van der Waals surface area contributed by atoms with Gasteiger partial charge in [-0.2, -0.15) is 0 Å². The fourth-order valence-corrected chi connectivity index (χ4v) is 4.83. The average Bonchev–Trinajstić information content (AvgIpc) is 3.18. The zero-order valence-electron chi connectivity index (χ0n) is 18.9. The number of hydrogen-bond donors (Lipinski definition) is 1. The molecule has 180 valence electrons. The van der Waals surface area contributed by atoms with E-state index in [1.807, 2.05) is 42.0 Å². The lowest BCUT2D eigenvalue weighted by atomic mass is 10.1. The molecule has 9 heteroatoms. The van der Waals surface area contributed by atoms with Crippen molar-refractivity contribution in [1.82, 2.24) is 9.88 Å². The molecule has 1 aliphatic heterocycles. The maximum Gasteiger partial charge on any atom is 0.335 e. The summed E-state index contributed by atoms with van der Waals surface area (Å²) in [6, 6.07) is 16.9. The number of hydrogen-bond acceptors (Lipinski definition) is 3. The number of carbonyl (C=O) groups excluding carboxylic acids is 3. The standard InChI is InChI=1S/C27H18Cl3N3O3/c1-15-9-10-17(12-23(15)30)33-26(35)19(25(34)31-27(33)36)11-16-13-32(24-8-3-2-5-18(16)24)14-20-21(28)6-4-7-22(20)29/h2-13H,14H2,1H3,(H,31,34,36). The van der Waals surface area contributed by atoms with Crippen LogP contribution in [0.3, 0.4) is 0 Å². The predicted molar refractivity (Wildman–Crippen MR) is 143 cm³/mol. The topological polar surface area (TPSA) is 71.4 Å². The third-order valence-electron chi connectivity index (χ3n) is 6.02. The Morgan fingerprint density at radius 2 is 1.61 bits per heavy atom. The minimum atomic E-state index is -0.835. The molecular formula is C27H18Cl3N3O3. The molecule has 0 atom stereocenters. The molecule has 0 saturated carbocycles. The summed E-state index contributed by atoms with van der Waals surface area (Å²) in [5.74, 6) is -1.51. The van der Waals surface area contributed by atoms with Crippen LogP contribution in [0.2, 0.25) is 15.1 Å². The molecular weight excluding hydrogens is 521 g/mol. The van der Waals surface area contributed by atoms with Crippen LogP contribution in [0, 0.1) is 6.92 Å². The van der Waals surface area contributed by atoms with Crippen molar-refractivity contribution < 1.29 is 14.4 Å². The van der Waals surface area contributed by atoms with Crippen molar-refractivity contribution in [3.63, 3.8) is 0 Å². The van der Waals surface area contributed by atoms with Crippen molar-refractivity contribution in [2.75, 3.05) is 4.90 Å². The highest BCUT2D eigenvalue weighted by molar-refractivity contribution is 6.40. The van der Waals surface area contributed by atoms with E-state index in [1.165, 1.54) is 12.1 Å². The summed E-state index contributed by atoms with van der Waals surface area (Å²) in [7, 11) is 0. The normalized spacial score (nSPS) is 15.2. The van der Waals surface area contributed by atoms with Crippen LogP contribution in [0.4, 0.5) is 10.5 Å². The number of aryl methyl sites for hydroxylation is 1. The Bertz CT molecular complexity index is 1590. The number of fused-ring (bicyclic) bond motifs is 1. The summed E-state index contributed by atoms with van der Waals surface area (Å²) in [5.41, 5.74) is 3.13. The van der Waals surface area contributed by atoms with E-state index in [9.17, 15) is 14.4 Å². The summed E-state index contributed by atoms with van der Waals surface area (Å²) in [6.45, 7) is 2.19. The van der Waals surface area contributed by atoms with E-state index in [4.69, 9.17) is 34.8 Å². The number of carbonyl (C=O) groups is 3. The lowest BCUT2D eigenvalue weighted by molar-refractivity contribution is -0.122. The lowest BCUT2D eigenvalue weighted by Gasteiger charge is -2.26. The van der Waals surface area contributed by atoms with E-state index in [2.05, 4.69) is 5.32 Å². The fraction of sp³-hybridized carbons (Fsp3) is 0.0741. The van der Waals surface area contributed by atoms with E-state index in [-0.39, 0.29) is 11.3 Å². The van der Waals surface area contributed by atoms with Crippen LogP contribution in [0.5, 0.6) is 0 Å². The number of anilines is 1. The number of imide groups is 2. The first-order chi connectivity index (χ1) is 17.2. The molecule has 6 nitrogen and oxygen atoms in total. The highest BCUT2D eigenvalue weighted by Crippen LogP contribution is 2.31. The molecule has 1 N–H and O–H groups in total. The fourth-order valence-electron chi connectivity index (χ4n) is 4.14. The number of rotatable bonds is 4. The van der Waals surface area contributed by atoms with Crippen molar-refractivity contribution in [3.8, 4) is 0 Å². The molecule has 4 aromatic rings. The molecule has 0 bridgehead atoms. The van der Waals surface area contributed by atoms with Gasteiger partial charge in [-0.25, -0.2) is 9.69 Å². The number of halogens is 3. The third kappa shape index (κ3) is 4.28. The number of aromatic nitrogens is 1. The van der Waals surface area contributed by atoms with E-state index >= 15 is 0 Å². The quantitative estimate of drug-likeness (QED) is 0.234. The number of para-hydroxylation sites is 1. The van der Waals surface area contributed by atoms with Crippen LogP contribution in [-0.4, -0.2) is 22.4 Å². The summed E-state index contributed by atoms with van der Waals surface area (Å²) in [5, 5.41) is 4.53. The molecule has 0 radical (unpaired) electrons. The maximum atomic E-state index is 13.4. The van der Waals surface area contributed by atoms with E-state index in [0.717, 1.165) is 26.9 Å². The second kappa shape index (κ2) is 9.47. The number of nitrogens with one attached hydrogen (secondary N) is 1. The van der Waals surface area contributed by atoms with E-state index in [0.29, 0.717) is 27.2 Å². The van der Waals surface area contributed by atoms with Crippen LogP contribution in [0.1, 0.15) is 16.7 Å². The van der Waals surface area contributed by atoms with Crippen molar-refractivity contribution in [1.29, 1.82) is 0 Å². The van der Waals surface area contributed by atoms with Crippen LogP contribution in [0.15, 0.2) is 72.4 Å². The predicted octanol–water partition coefficient (Wildman–Crippen LogP) is 6.62. The molecule has 1 aliphatic rings. The zero-order valence-corrected chi connectivity index (χ0v) is 21.2. The second-order valence-corrected chi connectivity index (χ2v) is 9.54. The van der Waals surface area contributed by atoms with Gasteiger partial charge in [0.1, 0.15) is 5.57 Å². The molecule has 1 saturated heterocycles. The summed E-state index contributed by atoms with van der Waals surface area (Å²) in [4.78, 5) is 39.6. The Balaban J connectivity index is 1.59. The van der Waals surface area contributed by atoms with Gasteiger partial charge >= 0.3 is 6.03 Å². The minimum absolute atomic E-state index is 0.176. The van der Waals surface area contributed by atoms with Gasteiger partial charge < -0.3 is 4.57 Å². The Kier molecular flexibility index (Phi) is 6.35. The Morgan fingerprint density at radius 1 is 0.889 bits per heavy atom. The van der Waals surface area contributed by atoms with Crippen molar-refractivity contribution >= 4 is 75.3 Å². The van der Waals surface area contributed by atoms with Gasteiger partial charge in [0.05, 0.1) is 12.2 Å². The maximum absolute atomic E-state index is 13.4. The smallest absolute Gasteiger partial charge is 0.335 e. The minimum Gasteiger partial charge on any atom is -0.342 e. The summed E-state index contributed by atoms with van der Waals surface area (Å²) < 4.78 is 1.95. The molecule has 5 rings (SSSR count). The van der Waals surface area contributed by atoms with Gasteiger partial charge in [-0.3, -0.25) is 14.9 Å². The number of benzene rings is 3. The number of urea groups is 1.